The second kappa shape index (κ2) is 8.09. The number of nitrogens with zero attached hydrogens (tertiary/aromatic N) is 1. The van der Waals surface area contributed by atoms with Gasteiger partial charge in [0.1, 0.15) is 11.5 Å². The smallest absolute Gasteiger partial charge is 0.254 e. The molecule has 0 spiro atoms. The van der Waals surface area contributed by atoms with Gasteiger partial charge >= 0.3 is 0 Å². The van der Waals surface area contributed by atoms with Gasteiger partial charge in [-0.05, 0) is 78.3 Å². The maximum absolute atomic E-state index is 13.3. The van der Waals surface area contributed by atoms with Gasteiger partial charge in [-0.15, -0.1) is 0 Å². The molecule has 0 atom stereocenters. The summed E-state index contributed by atoms with van der Waals surface area (Å²) < 4.78 is 33.6. The van der Waals surface area contributed by atoms with Crippen molar-refractivity contribution >= 4 is 15.9 Å². The molecule has 0 aliphatic heterocycles. The van der Waals surface area contributed by atoms with Gasteiger partial charge in [-0.1, -0.05) is 6.07 Å². The number of furan rings is 1. The lowest BCUT2D eigenvalue weighted by Gasteiger charge is -2.27. The Morgan fingerprint density at radius 2 is 1.79 bits per heavy atom. The van der Waals surface area contributed by atoms with Crippen molar-refractivity contribution in [3.8, 4) is 0 Å². The van der Waals surface area contributed by atoms with Crippen molar-refractivity contribution in [2.45, 2.75) is 71.5 Å². The maximum atomic E-state index is 13.3. The molecule has 0 saturated heterocycles. The Morgan fingerprint density at radius 3 is 2.29 bits per heavy atom. The van der Waals surface area contributed by atoms with E-state index in [1.807, 2.05) is 32.9 Å². The van der Waals surface area contributed by atoms with Crippen LogP contribution in [-0.4, -0.2) is 30.8 Å². The van der Waals surface area contributed by atoms with Crippen molar-refractivity contribution in [3.63, 3.8) is 0 Å². The van der Waals surface area contributed by atoms with Gasteiger partial charge in [-0.3, -0.25) is 4.79 Å². The predicted octanol–water partition coefficient (Wildman–Crippen LogP) is 4.02. The average Bonchev–Trinajstić information content (AvgIpc) is 2.95. The van der Waals surface area contributed by atoms with E-state index in [1.165, 1.54) is 12.1 Å². The molecule has 0 radical (unpaired) electrons. The molecule has 0 saturated carbocycles. The van der Waals surface area contributed by atoms with E-state index < -0.39 is 15.6 Å². The van der Waals surface area contributed by atoms with Crippen LogP contribution in [0.25, 0.3) is 0 Å². The lowest BCUT2D eigenvalue weighted by molar-refractivity contribution is 0.0674. The fourth-order valence-corrected chi connectivity index (χ4v) is 4.29. The number of benzene rings is 1. The van der Waals surface area contributed by atoms with E-state index in [-0.39, 0.29) is 16.8 Å². The summed E-state index contributed by atoms with van der Waals surface area (Å²) in [5.41, 5.74) is 0.476. The van der Waals surface area contributed by atoms with Gasteiger partial charge < -0.3 is 9.32 Å². The van der Waals surface area contributed by atoms with E-state index in [0.29, 0.717) is 17.9 Å². The minimum absolute atomic E-state index is 0.0777. The van der Waals surface area contributed by atoms with E-state index in [2.05, 4.69) is 4.72 Å². The minimum Gasteiger partial charge on any atom is -0.464 e. The topological polar surface area (TPSA) is 79.6 Å². The molecule has 1 aromatic carbocycles. The molecular formula is C21H30N2O4S. The van der Waals surface area contributed by atoms with Crippen LogP contribution in [0.3, 0.4) is 0 Å². The van der Waals surface area contributed by atoms with Gasteiger partial charge in [-0.25, -0.2) is 13.1 Å². The molecule has 0 unspecified atom stereocenters. The highest BCUT2D eigenvalue weighted by Crippen LogP contribution is 2.21. The van der Waals surface area contributed by atoms with Crippen molar-refractivity contribution in [1.82, 2.24) is 9.62 Å². The van der Waals surface area contributed by atoms with Crippen LogP contribution in [0, 0.1) is 13.8 Å². The van der Waals surface area contributed by atoms with Crippen LogP contribution in [0.4, 0.5) is 0 Å². The normalized spacial score (nSPS) is 12.4. The number of hydrogen-bond donors (Lipinski definition) is 1. The van der Waals surface area contributed by atoms with Gasteiger partial charge in [0.15, 0.2) is 0 Å². The first-order valence-electron chi connectivity index (χ1n) is 9.31. The Labute approximate surface area is 168 Å². The largest absolute Gasteiger partial charge is 0.464 e. The summed E-state index contributed by atoms with van der Waals surface area (Å²) in [6.07, 6.45) is 0. The lowest BCUT2D eigenvalue weighted by Crippen LogP contribution is -2.40. The number of amides is 1. The first-order chi connectivity index (χ1) is 12.8. The third-order valence-electron chi connectivity index (χ3n) is 4.20. The van der Waals surface area contributed by atoms with Gasteiger partial charge in [-0.2, -0.15) is 0 Å². The second-order valence-electron chi connectivity index (χ2n) is 8.37. The zero-order chi connectivity index (χ0) is 21.3. The van der Waals surface area contributed by atoms with E-state index in [0.717, 1.165) is 11.3 Å². The Balaban J connectivity index is 2.40. The Hall–Kier alpha value is -2.12. The summed E-state index contributed by atoms with van der Waals surface area (Å²) in [6, 6.07) is 8.27. The molecule has 0 aliphatic rings. The predicted molar refractivity (Wildman–Crippen MR) is 110 cm³/mol. The number of carbonyl (C=O) groups excluding carboxylic acids is 1. The summed E-state index contributed by atoms with van der Waals surface area (Å²) in [6.45, 7) is 13.1. The van der Waals surface area contributed by atoms with E-state index >= 15 is 0 Å². The zero-order valence-electron chi connectivity index (χ0n) is 17.7. The molecule has 6 nitrogen and oxygen atoms in total. The fraction of sp³-hybridized carbons (Fsp3) is 0.476. The zero-order valence-corrected chi connectivity index (χ0v) is 18.5. The molecule has 0 fully saturated rings. The number of nitrogens with one attached hydrogen (secondary N) is 1. The van der Waals surface area contributed by atoms with Gasteiger partial charge in [0, 0.05) is 17.1 Å². The highest BCUT2D eigenvalue weighted by molar-refractivity contribution is 7.89. The van der Waals surface area contributed by atoms with Crippen LogP contribution in [0.1, 0.15) is 62.1 Å². The first-order valence-corrected chi connectivity index (χ1v) is 10.8. The number of sulfonamides is 1. The van der Waals surface area contributed by atoms with Crippen molar-refractivity contribution in [2.75, 3.05) is 0 Å². The summed E-state index contributed by atoms with van der Waals surface area (Å²) in [5, 5.41) is 0. The van der Waals surface area contributed by atoms with Crippen LogP contribution in [0.2, 0.25) is 0 Å². The quantitative estimate of drug-likeness (QED) is 0.786. The summed E-state index contributed by atoms with van der Waals surface area (Å²) >= 11 is 0. The SMILES string of the molecule is Cc1ccc(CN(C(=O)c2cc(S(=O)(=O)NC(C)(C)C)ccc2C)C(C)C)o1. The van der Waals surface area contributed by atoms with Crippen LogP contribution in [0.15, 0.2) is 39.6 Å². The summed E-state index contributed by atoms with van der Waals surface area (Å²) in [5.74, 6) is 1.24. The highest BCUT2D eigenvalue weighted by Gasteiger charge is 2.26. The highest BCUT2D eigenvalue weighted by atomic mass is 32.2. The Morgan fingerprint density at radius 1 is 1.14 bits per heavy atom. The second-order valence-corrected chi connectivity index (χ2v) is 10.1. The third-order valence-corrected chi connectivity index (χ3v) is 5.95. The molecule has 28 heavy (non-hydrogen) atoms. The Bertz CT molecular complexity index is 953. The standard InChI is InChI=1S/C21H30N2O4S/c1-14(2)23(13-17-10-9-16(4)27-17)20(24)19-12-18(11-8-15(19)3)28(25,26)22-21(5,6)7/h8-12,14,22H,13H2,1-7H3. The van der Waals surface area contributed by atoms with Crippen LogP contribution in [-0.2, 0) is 16.6 Å². The Kier molecular flexibility index (Phi) is 6.41. The lowest BCUT2D eigenvalue weighted by atomic mass is 10.1. The number of aryl methyl sites for hydroxylation is 2. The average molecular weight is 407 g/mol. The molecule has 7 heteroatoms. The molecule has 154 valence electrons. The number of carbonyl (C=O) groups is 1. The van der Waals surface area contributed by atoms with Crippen molar-refractivity contribution in [2.24, 2.45) is 0 Å². The van der Waals surface area contributed by atoms with Crippen LogP contribution >= 0.6 is 0 Å². The molecule has 2 rings (SSSR count). The maximum Gasteiger partial charge on any atom is 0.254 e. The van der Waals surface area contributed by atoms with Crippen molar-refractivity contribution in [3.05, 3.63) is 53.0 Å². The molecule has 2 aromatic rings. The molecule has 0 bridgehead atoms. The molecule has 0 aliphatic carbocycles. The van der Waals surface area contributed by atoms with Crippen LogP contribution < -0.4 is 4.72 Å². The summed E-state index contributed by atoms with van der Waals surface area (Å²) in [4.78, 5) is 15.0. The van der Waals surface area contributed by atoms with Gasteiger partial charge in [0.2, 0.25) is 10.0 Å². The van der Waals surface area contributed by atoms with E-state index in [9.17, 15) is 13.2 Å². The van der Waals surface area contributed by atoms with Crippen molar-refractivity contribution < 1.29 is 17.6 Å². The number of hydrogen-bond acceptors (Lipinski definition) is 4. The minimum atomic E-state index is -3.73. The third kappa shape index (κ3) is 5.45. The van der Waals surface area contributed by atoms with Crippen molar-refractivity contribution in [1.29, 1.82) is 0 Å². The molecule has 1 heterocycles. The molecule has 1 aromatic heterocycles. The van der Waals surface area contributed by atoms with Gasteiger partial charge in [0.05, 0.1) is 11.4 Å². The van der Waals surface area contributed by atoms with Gasteiger partial charge in [0.25, 0.3) is 5.91 Å². The number of rotatable bonds is 6. The van der Waals surface area contributed by atoms with E-state index in [4.69, 9.17) is 4.42 Å². The molecule has 1 amide bonds. The molecular weight excluding hydrogens is 376 g/mol. The summed E-state index contributed by atoms with van der Waals surface area (Å²) in [7, 11) is -3.73. The van der Waals surface area contributed by atoms with Crippen LogP contribution in [0.5, 0.6) is 0 Å². The molecule has 1 N–H and O–H groups in total. The monoisotopic (exact) mass is 406 g/mol. The van der Waals surface area contributed by atoms with E-state index in [1.54, 1.807) is 38.7 Å². The first kappa shape index (κ1) is 22.2. The fourth-order valence-electron chi connectivity index (χ4n) is 2.84.